The number of aliphatic hydroxyl groups excluding tert-OH is 1. The van der Waals surface area contributed by atoms with Gasteiger partial charge in [0.15, 0.2) is 0 Å². The molecule has 0 saturated heterocycles. The average Bonchev–Trinajstić information content (AvgIpc) is 2.35. The van der Waals surface area contributed by atoms with Crippen LogP contribution in [0.3, 0.4) is 0 Å². The maximum atomic E-state index is 9.19. The van der Waals surface area contributed by atoms with Crippen molar-refractivity contribution < 1.29 is 5.11 Å². The van der Waals surface area contributed by atoms with Crippen LogP contribution in [0, 0.1) is 0 Å². The Kier molecular flexibility index (Phi) is 0.873. The van der Waals surface area contributed by atoms with E-state index in [4.69, 9.17) is 0 Å². The quantitative estimate of drug-likeness (QED) is 0.541. The van der Waals surface area contributed by atoms with E-state index in [9.17, 15) is 5.11 Å². The lowest BCUT2D eigenvalue weighted by Crippen LogP contribution is -1.92. The summed E-state index contributed by atoms with van der Waals surface area (Å²) in [4.78, 5) is 3.99. The molecule has 0 amide bonds. The van der Waals surface area contributed by atoms with E-state index in [2.05, 4.69) is 4.98 Å². The summed E-state index contributed by atoms with van der Waals surface area (Å²) in [5.41, 5.74) is 0. The lowest BCUT2D eigenvalue weighted by atomic mass is 10.3. The molecule has 3 heteroatoms. The van der Waals surface area contributed by atoms with Gasteiger partial charge in [0.2, 0.25) is 0 Å². The third-order valence-corrected chi connectivity index (χ3v) is 1.69. The highest BCUT2D eigenvalue weighted by atomic mass is 16.3. The van der Waals surface area contributed by atoms with Crippen molar-refractivity contribution in [2.75, 3.05) is 0 Å². The van der Waals surface area contributed by atoms with Crippen molar-refractivity contribution >= 4 is 0 Å². The first-order chi connectivity index (χ1) is 4.38. The summed E-state index contributed by atoms with van der Waals surface area (Å²) in [6.07, 6.45) is 4.12. The molecule has 1 N–H and O–H groups in total. The zero-order chi connectivity index (χ0) is 6.27. The highest BCUT2D eigenvalue weighted by Crippen LogP contribution is 2.22. The van der Waals surface area contributed by atoms with Crippen molar-refractivity contribution in [3.63, 3.8) is 0 Å². The Labute approximate surface area is 53.0 Å². The summed E-state index contributed by atoms with van der Waals surface area (Å²) in [6.45, 7) is 0.913. The molecule has 9 heavy (non-hydrogen) atoms. The van der Waals surface area contributed by atoms with Gasteiger partial charge in [-0.05, 0) is 6.42 Å². The van der Waals surface area contributed by atoms with Gasteiger partial charge in [-0.3, -0.25) is 0 Å². The van der Waals surface area contributed by atoms with Crippen molar-refractivity contribution in [1.29, 1.82) is 0 Å². The second-order valence-corrected chi connectivity index (χ2v) is 2.28. The summed E-state index contributed by atoms with van der Waals surface area (Å²) in [6, 6.07) is 0. The van der Waals surface area contributed by atoms with Crippen LogP contribution in [0.15, 0.2) is 12.4 Å². The van der Waals surface area contributed by atoms with Crippen LogP contribution in [0.25, 0.3) is 0 Å². The molecule has 2 rings (SSSR count). The molecule has 0 bridgehead atoms. The van der Waals surface area contributed by atoms with E-state index in [-0.39, 0.29) is 6.10 Å². The van der Waals surface area contributed by atoms with Gasteiger partial charge >= 0.3 is 0 Å². The Morgan fingerprint density at radius 3 is 3.44 bits per heavy atom. The van der Waals surface area contributed by atoms with E-state index < -0.39 is 0 Å². The van der Waals surface area contributed by atoms with Gasteiger partial charge in [0, 0.05) is 18.9 Å². The minimum absolute atomic E-state index is 0.319. The van der Waals surface area contributed by atoms with Crippen molar-refractivity contribution in [1.82, 2.24) is 9.55 Å². The molecule has 2 heterocycles. The maximum absolute atomic E-state index is 9.19. The fraction of sp³-hybridized carbons (Fsp3) is 0.500. The average molecular weight is 124 g/mol. The highest BCUT2D eigenvalue weighted by Gasteiger charge is 2.19. The molecule has 0 radical (unpaired) electrons. The maximum Gasteiger partial charge on any atom is 0.137 e. The van der Waals surface area contributed by atoms with Gasteiger partial charge in [0.1, 0.15) is 11.9 Å². The smallest absolute Gasteiger partial charge is 0.137 e. The Morgan fingerprint density at radius 1 is 1.78 bits per heavy atom. The summed E-state index contributed by atoms with van der Waals surface area (Å²) in [7, 11) is 0. The molecular weight excluding hydrogens is 116 g/mol. The van der Waals surface area contributed by atoms with Gasteiger partial charge in [0.25, 0.3) is 0 Å². The first-order valence-electron chi connectivity index (χ1n) is 3.07. The summed E-state index contributed by atoms with van der Waals surface area (Å²) in [5.74, 6) is 0.815. The molecule has 1 aromatic rings. The lowest BCUT2D eigenvalue weighted by Gasteiger charge is -1.94. The second-order valence-electron chi connectivity index (χ2n) is 2.28. The fourth-order valence-corrected chi connectivity index (χ4v) is 1.20. The summed E-state index contributed by atoms with van der Waals surface area (Å²) < 4.78 is 1.98. The van der Waals surface area contributed by atoms with E-state index in [1.165, 1.54) is 0 Å². The van der Waals surface area contributed by atoms with Crippen molar-refractivity contribution in [2.24, 2.45) is 0 Å². The number of hydrogen-bond acceptors (Lipinski definition) is 2. The Morgan fingerprint density at radius 2 is 2.67 bits per heavy atom. The SMILES string of the molecule is O[C@@H]1CCn2ccnc21. The van der Waals surface area contributed by atoms with Crippen molar-refractivity contribution in [3.05, 3.63) is 18.2 Å². The zero-order valence-corrected chi connectivity index (χ0v) is 4.99. The van der Waals surface area contributed by atoms with Gasteiger partial charge in [-0.2, -0.15) is 0 Å². The van der Waals surface area contributed by atoms with Crippen molar-refractivity contribution in [2.45, 2.75) is 19.1 Å². The van der Waals surface area contributed by atoms with Gasteiger partial charge in [0.05, 0.1) is 0 Å². The van der Waals surface area contributed by atoms with Crippen LogP contribution < -0.4 is 0 Å². The third-order valence-electron chi connectivity index (χ3n) is 1.69. The molecule has 3 nitrogen and oxygen atoms in total. The number of rotatable bonds is 0. The van der Waals surface area contributed by atoms with Gasteiger partial charge in [-0.25, -0.2) is 4.98 Å². The number of aliphatic hydroxyl groups is 1. The molecular formula is C6H8N2O. The van der Waals surface area contributed by atoms with Crippen LogP contribution in [-0.2, 0) is 6.54 Å². The fourth-order valence-electron chi connectivity index (χ4n) is 1.20. The molecule has 0 spiro atoms. The number of imidazole rings is 1. The molecule has 0 saturated carbocycles. The number of nitrogens with zero attached hydrogens (tertiary/aromatic N) is 2. The minimum Gasteiger partial charge on any atom is -0.385 e. The molecule has 1 aliphatic heterocycles. The van der Waals surface area contributed by atoms with E-state index in [1.807, 2.05) is 10.8 Å². The van der Waals surface area contributed by atoms with Gasteiger partial charge in [-0.15, -0.1) is 0 Å². The Hall–Kier alpha value is -0.830. The van der Waals surface area contributed by atoms with E-state index in [0.717, 1.165) is 18.8 Å². The molecule has 0 aromatic carbocycles. The van der Waals surface area contributed by atoms with E-state index >= 15 is 0 Å². The standard InChI is InChI=1S/C6H8N2O/c9-5-1-3-8-4-2-7-6(5)8/h2,4-5,9H,1,3H2/t5-/m1/s1. The molecule has 1 atom stereocenters. The topological polar surface area (TPSA) is 38.0 Å². The third kappa shape index (κ3) is 0.580. The largest absolute Gasteiger partial charge is 0.385 e. The van der Waals surface area contributed by atoms with Crippen LogP contribution in [0.4, 0.5) is 0 Å². The van der Waals surface area contributed by atoms with Crippen LogP contribution in [-0.4, -0.2) is 14.7 Å². The normalized spacial score (nSPS) is 24.3. The first kappa shape index (κ1) is 4.99. The minimum atomic E-state index is -0.319. The van der Waals surface area contributed by atoms with Crippen LogP contribution in [0.5, 0.6) is 0 Å². The number of fused-ring (bicyclic) bond motifs is 1. The molecule has 0 fully saturated rings. The predicted octanol–water partition coefficient (Wildman–Crippen LogP) is 0.320. The number of hydrogen-bond donors (Lipinski definition) is 1. The van der Waals surface area contributed by atoms with Crippen LogP contribution in [0.2, 0.25) is 0 Å². The van der Waals surface area contributed by atoms with Crippen LogP contribution >= 0.6 is 0 Å². The van der Waals surface area contributed by atoms with Crippen molar-refractivity contribution in [3.8, 4) is 0 Å². The lowest BCUT2D eigenvalue weighted by molar-refractivity contribution is 0.175. The first-order valence-corrected chi connectivity index (χ1v) is 3.07. The molecule has 48 valence electrons. The highest BCUT2D eigenvalue weighted by molar-refractivity contribution is 5.00. The number of aromatic nitrogens is 2. The monoisotopic (exact) mass is 124 g/mol. The zero-order valence-electron chi connectivity index (χ0n) is 4.99. The van der Waals surface area contributed by atoms with E-state index in [1.54, 1.807) is 6.20 Å². The van der Waals surface area contributed by atoms with Gasteiger partial charge < -0.3 is 9.67 Å². The molecule has 1 aliphatic rings. The van der Waals surface area contributed by atoms with E-state index in [0.29, 0.717) is 0 Å². The number of aryl methyl sites for hydroxylation is 1. The summed E-state index contributed by atoms with van der Waals surface area (Å²) in [5, 5.41) is 9.19. The molecule has 0 unspecified atom stereocenters. The van der Waals surface area contributed by atoms with Gasteiger partial charge in [-0.1, -0.05) is 0 Å². The molecule has 1 aromatic heterocycles. The summed E-state index contributed by atoms with van der Waals surface area (Å²) >= 11 is 0. The predicted molar refractivity (Wildman–Crippen MR) is 31.8 cm³/mol. The van der Waals surface area contributed by atoms with Crippen LogP contribution in [0.1, 0.15) is 18.3 Å². The Balaban J connectivity index is 2.49. The molecule has 0 aliphatic carbocycles. The Bertz CT molecular complexity index is 219. The second kappa shape index (κ2) is 1.57.